The highest BCUT2D eigenvalue weighted by atomic mass is 16.2. The Bertz CT molecular complexity index is 825. The number of anilines is 2. The van der Waals surface area contributed by atoms with Gasteiger partial charge >= 0.3 is 6.03 Å². The van der Waals surface area contributed by atoms with E-state index in [0.29, 0.717) is 5.69 Å². The van der Waals surface area contributed by atoms with Crippen molar-refractivity contribution in [3.05, 3.63) is 72.3 Å². The second kappa shape index (κ2) is 7.64. The zero-order valence-corrected chi connectivity index (χ0v) is 13.8. The minimum absolute atomic E-state index is 0.261. The molecule has 3 rings (SSSR count). The van der Waals surface area contributed by atoms with Crippen LogP contribution in [0.15, 0.2) is 60.7 Å². The van der Waals surface area contributed by atoms with Crippen molar-refractivity contribution in [1.82, 2.24) is 0 Å². The van der Waals surface area contributed by atoms with Gasteiger partial charge < -0.3 is 10.6 Å². The van der Waals surface area contributed by atoms with E-state index in [1.54, 1.807) is 0 Å². The molecule has 2 amide bonds. The largest absolute Gasteiger partial charge is 0.323 e. The number of urea groups is 1. The third-order valence-corrected chi connectivity index (χ3v) is 3.96. The molecule has 0 atom stereocenters. The van der Waals surface area contributed by atoms with Crippen LogP contribution in [0.4, 0.5) is 16.2 Å². The molecule has 0 aliphatic heterocycles. The molecular weight excluding hydrogens is 296 g/mol. The molecule has 3 heteroatoms. The number of rotatable bonds is 5. The first-order valence-electron chi connectivity index (χ1n) is 8.32. The van der Waals surface area contributed by atoms with E-state index in [0.717, 1.165) is 22.9 Å². The minimum atomic E-state index is -0.261. The Hall–Kier alpha value is -2.81. The van der Waals surface area contributed by atoms with E-state index in [4.69, 9.17) is 0 Å². The Morgan fingerprint density at radius 1 is 1.00 bits per heavy atom. The number of unbranched alkanes of at least 4 members (excludes halogenated alkanes) is 1. The van der Waals surface area contributed by atoms with E-state index in [2.05, 4.69) is 35.8 Å². The van der Waals surface area contributed by atoms with Crippen molar-refractivity contribution in [1.29, 1.82) is 0 Å². The van der Waals surface area contributed by atoms with Crippen LogP contribution < -0.4 is 10.6 Å². The fourth-order valence-corrected chi connectivity index (χ4v) is 2.62. The lowest BCUT2D eigenvalue weighted by molar-refractivity contribution is 0.262. The molecule has 24 heavy (non-hydrogen) atoms. The number of benzene rings is 3. The molecular formula is C21H21N2O. The molecule has 0 aliphatic carbocycles. The topological polar surface area (TPSA) is 41.1 Å². The maximum absolute atomic E-state index is 12.1. The number of aryl methyl sites for hydroxylation is 1. The van der Waals surface area contributed by atoms with Crippen LogP contribution in [0.1, 0.15) is 25.3 Å². The van der Waals surface area contributed by atoms with E-state index >= 15 is 0 Å². The molecule has 0 aromatic heterocycles. The van der Waals surface area contributed by atoms with Gasteiger partial charge in [-0.25, -0.2) is 4.79 Å². The van der Waals surface area contributed by atoms with Crippen LogP contribution in [0.3, 0.4) is 0 Å². The van der Waals surface area contributed by atoms with E-state index in [1.165, 1.54) is 18.4 Å². The van der Waals surface area contributed by atoms with E-state index < -0.39 is 0 Å². The normalized spacial score (nSPS) is 10.5. The summed E-state index contributed by atoms with van der Waals surface area (Å²) < 4.78 is 0. The number of fused-ring (bicyclic) bond motifs is 1. The number of hydrogen-bond donors (Lipinski definition) is 2. The van der Waals surface area contributed by atoms with E-state index in [-0.39, 0.29) is 6.03 Å². The molecule has 0 bridgehead atoms. The molecule has 2 N–H and O–H groups in total. The van der Waals surface area contributed by atoms with Crippen LogP contribution in [0.25, 0.3) is 10.8 Å². The average molecular weight is 317 g/mol. The highest BCUT2D eigenvalue weighted by Gasteiger charge is 2.04. The molecule has 0 spiro atoms. The third kappa shape index (κ3) is 4.13. The van der Waals surface area contributed by atoms with E-state index in [1.807, 2.05) is 48.5 Å². The molecule has 0 heterocycles. The molecule has 0 saturated carbocycles. The maximum Gasteiger partial charge on any atom is 0.323 e. The lowest BCUT2D eigenvalue weighted by atomic mass is 10.1. The molecule has 3 aromatic rings. The van der Waals surface area contributed by atoms with Gasteiger partial charge in [0.2, 0.25) is 0 Å². The minimum Gasteiger partial charge on any atom is -0.308 e. The SMILES string of the molecule is CCCCc1ccc(NC(=O)Nc2[c]cc3ccccc3c2)cc1. The summed E-state index contributed by atoms with van der Waals surface area (Å²) in [5.74, 6) is 0. The monoisotopic (exact) mass is 317 g/mol. The number of nitrogens with one attached hydrogen (secondary N) is 2. The highest BCUT2D eigenvalue weighted by Crippen LogP contribution is 2.19. The van der Waals surface area contributed by atoms with Crippen LogP contribution in [0, 0.1) is 6.07 Å². The first kappa shape index (κ1) is 16.1. The van der Waals surface area contributed by atoms with Crippen molar-refractivity contribution in [2.24, 2.45) is 0 Å². The summed E-state index contributed by atoms with van der Waals surface area (Å²) in [5, 5.41) is 7.86. The summed E-state index contributed by atoms with van der Waals surface area (Å²) >= 11 is 0. The third-order valence-electron chi connectivity index (χ3n) is 3.96. The van der Waals surface area contributed by atoms with Gasteiger partial charge in [-0.3, -0.25) is 0 Å². The Labute approximate surface area is 142 Å². The van der Waals surface area contributed by atoms with Gasteiger partial charge in [0, 0.05) is 11.8 Å². The van der Waals surface area contributed by atoms with Gasteiger partial charge in [0.25, 0.3) is 0 Å². The molecule has 3 nitrogen and oxygen atoms in total. The van der Waals surface area contributed by atoms with Gasteiger partial charge in [-0.05, 0) is 53.4 Å². The van der Waals surface area contributed by atoms with Crippen LogP contribution in [0.2, 0.25) is 0 Å². The van der Waals surface area contributed by atoms with Crippen LogP contribution in [0.5, 0.6) is 0 Å². The van der Waals surface area contributed by atoms with Crippen molar-refractivity contribution in [2.75, 3.05) is 10.6 Å². The molecule has 0 unspecified atom stereocenters. The zero-order valence-electron chi connectivity index (χ0n) is 13.8. The lowest BCUT2D eigenvalue weighted by Crippen LogP contribution is -2.19. The van der Waals surface area contributed by atoms with Crippen molar-refractivity contribution in [2.45, 2.75) is 26.2 Å². The molecule has 0 aliphatic rings. The Balaban J connectivity index is 1.61. The first-order chi connectivity index (χ1) is 11.7. The first-order valence-corrected chi connectivity index (χ1v) is 8.32. The van der Waals surface area contributed by atoms with E-state index in [9.17, 15) is 4.79 Å². The van der Waals surface area contributed by atoms with Crippen molar-refractivity contribution < 1.29 is 4.79 Å². The van der Waals surface area contributed by atoms with Gasteiger partial charge in [0.1, 0.15) is 0 Å². The Morgan fingerprint density at radius 2 is 1.75 bits per heavy atom. The van der Waals surface area contributed by atoms with Gasteiger partial charge in [-0.15, -0.1) is 0 Å². The predicted molar refractivity (Wildman–Crippen MR) is 100 cm³/mol. The van der Waals surface area contributed by atoms with Gasteiger partial charge in [-0.2, -0.15) is 0 Å². The number of carbonyl (C=O) groups is 1. The van der Waals surface area contributed by atoms with Crippen molar-refractivity contribution in [3.8, 4) is 0 Å². The summed E-state index contributed by atoms with van der Waals surface area (Å²) in [5.41, 5.74) is 2.74. The average Bonchev–Trinajstić information content (AvgIpc) is 2.61. The molecule has 3 aromatic carbocycles. The van der Waals surface area contributed by atoms with Crippen LogP contribution in [-0.4, -0.2) is 6.03 Å². The number of carbonyl (C=O) groups excluding carboxylic acids is 1. The molecule has 121 valence electrons. The van der Waals surface area contributed by atoms with Crippen LogP contribution >= 0.6 is 0 Å². The second-order valence-corrected chi connectivity index (χ2v) is 5.86. The molecule has 1 radical (unpaired) electrons. The van der Waals surface area contributed by atoms with Crippen molar-refractivity contribution >= 4 is 28.2 Å². The van der Waals surface area contributed by atoms with Crippen molar-refractivity contribution in [3.63, 3.8) is 0 Å². The quantitative estimate of drug-likeness (QED) is 0.629. The summed E-state index contributed by atoms with van der Waals surface area (Å²) in [4.78, 5) is 12.1. The fraction of sp³-hybridized carbons (Fsp3) is 0.190. The summed E-state index contributed by atoms with van der Waals surface area (Å²) in [6.07, 6.45) is 3.45. The molecule has 0 saturated heterocycles. The Kier molecular flexibility index (Phi) is 5.12. The van der Waals surface area contributed by atoms with Gasteiger partial charge in [-0.1, -0.05) is 49.7 Å². The number of amides is 2. The Morgan fingerprint density at radius 3 is 2.50 bits per heavy atom. The smallest absolute Gasteiger partial charge is 0.308 e. The summed E-state index contributed by atoms with van der Waals surface area (Å²) in [6.45, 7) is 2.18. The van der Waals surface area contributed by atoms with Gasteiger partial charge in [0.05, 0.1) is 5.69 Å². The second-order valence-electron chi connectivity index (χ2n) is 5.86. The zero-order chi connectivity index (χ0) is 16.8. The maximum atomic E-state index is 12.1. The standard InChI is InChI=1S/C21H21N2O/c1-2-3-6-16-9-12-19(13-10-16)22-21(24)23-20-14-11-17-7-4-5-8-18(17)15-20/h4-5,7-13,15H,2-3,6H2,1H3,(H2,22,23,24). The summed E-state index contributed by atoms with van der Waals surface area (Å²) in [6, 6.07) is 22.6. The lowest BCUT2D eigenvalue weighted by Gasteiger charge is -2.09. The predicted octanol–water partition coefficient (Wildman–Crippen LogP) is 5.63. The summed E-state index contributed by atoms with van der Waals surface area (Å²) in [7, 11) is 0. The van der Waals surface area contributed by atoms with Crippen LogP contribution in [-0.2, 0) is 6.42 Å². The number of hydrogen-bond acceptors (Lipinski definition) is 1. The van der Waals surface area contributed by atoms with Gasteiger partial charge in [0.15, 0.2) is 0 Å². The molecule has 0 fully saturated rings. The highest BCUT2D eigenvalue weighted by molar-refractivity contribution is 6.01. The fourth-order valence-electron chi connectivity index (χ4n) is 2.62.